The van der Waals surface area contributed by atoms with E-state index in [0.717, 1.165) is 30.1 Å². The SMILES string of the molecule is COc1cc2c(cc1F)nc(CCCl)n2C1CCC(C)C1. The molecule has 2 unspecified atom stereocenters. The van der Waals surface area contributed by atoms with Crippen LogP contribution in [-0.4, -0.2) is 22.5 Å². The predicted molar refractivity (Wildman–Crippen MR) is 82.7 cm³/mol. The molecule has 1 fully saturated rings. The summed E-state index contributed by atoms with van der Waals surface area (Å²) >= 11 is 5.91. The van der Waals surface area contributed by atoms with Crippen LogP contribution in [0.25, 0.3) is 11.0 Å². The summed E-state index contributed by atoms with van der Waals surface area (Å²) in [4.78, 5) is 4.59. The van der Waals surface area contributed by atoms with Gasteiger partial charge in [0.1, 0.15) is 5.82 Å². The fourth-order valence-corrected chi connectivity index (χ4v) is 3.55. The lowest BCUT2D eigenvalue weighted by atomic mass is 10.1. The smallest absolute Gasteiger partial charge is 0.167 e. The van der Waals surface area contributed by atoms with E-state index in [1.807, 2.05) is 0 Å². The predicted octanol–water partition coefficient (Wildman–Crippen LogP) is 4.33. The van der Waals surface area contributed by atoms with Crippen LogP contribution in [0.1, 0.15) is 38.1 Å². The van der Waals surface area contributed by atoms with Gasteiger partial charge in [0.15, 0.2) is 11.6 Å². The zero-order chi connectivity index (χ0) is 15.0. The quantitative estimate of drug-likeness (QED) is 0.786. The molecule has 3 rings (SSSR count). The van der Waals surface area contributed by atoms with Gasteiger partial charge in [-0.05, 0) is 25.2 Å². The number of aryl methyl sites for hydroxylation is 1. The van der Waals surface area contributed by atoms with Crippen molar-refractivity contribution < 1.29 is 9.13 Å². The Hall–Kier alpha value is -1.29. The highest BCUT2D eigenvalue weighted by atomic mass is 35.5. The van der Waals surface area contributed by atoms with E-state index in [1.54, 1.807) is 6.07 Å². The molecule has 0 spiro atoms. The minimum atomic E-state index is -0.369. The topological polar surface area (TPSA) is 27.1 Å². The van der Waals surface area contributed by atoms with Gasteiger partial charge in [-0.2, -0.15) is 0 Å². The molecule has 0 saturated heterocycles. The molecule has 3 nitrogen and oxygen atoms in total. The van der Waals surface area contributed by atoms with Gasteiger partial charge in [0.05, 0.1) is 18.1 Å². The van der Waals surface area contributed by atoms with Crippen LogP contribution in [0.15, 0.2) is 12.1 Å². The van der Waals surface area contributed by atoms with Crippen LogP contribution in [0, 0.1) is 11.7 Å². The molecular weight excluding hydrogens is 291 g/mol. The normalized spacial score (nSPS) is 22.1. The van der Waals surface area contributed by atoms with Crippen LogP contribution >= 0.6 is 11.6 Å². The fraction of sp³-hybridized carbons (Fsp3) is 0.562. The van der Waals surface area contributed by atoms with Crippen molar-refractivity contribution in [1.82, 2.24) is 9.55 Å². The first-order valence-electron chi connectivity index (χ1n) is 7.44. The molecule has 0 bridgehead atoms. The largest absolute Gasteiger partial charge is 0.494 e. The molecule has 1 saturated carbocycles. The molecule has 1 aromatic carbocycles. The summed E-state index contributed by atoms with van der Waals surface area (Å²) in [7, 11) is 1.49. The highest BCUT2D eigenvalue weighted by molar-refractivity contribution is 6.17. The number of hydrogen-bond acceptors (Lipinski definition) is 2. The molecule has 0 aliphatic heterocycles. The summed E-state index contributed by atoms with van der Waals surface area (Å²) in [5.41, 5.74) is 1.64. The number of alkyl halides is 1. The second kappa shape index (κ2) is 5.84. The van der Waals surface area contributed by atoms with Crippen molar-refractivity contribution in [3.8, 4) is 5.75 Å². The van der Waals surface area contributed by atoms with Gasteiger partial charge >= 0.3 is 0 Å². The number of rotatable bonds is 4. The highest BCUT2D eigenvalue weighted by Crippen LogP contribution is 2.38. The third-order valence-electron chi connectivity index (χ3n) is 4.39. The second-order valence-electron chi connectivity index (χ2n) is 5.88. The van der Waals surface area contributed by atoms with Gasteiger partial charge in [0, 0.05) is 30.5 Å². The van der Waals surface area contributed by atoms with E-state index in [-0.39, 0.29) is 11.6 Å². The van der Waals surface area contributed by atoms with Crippen LogP contribution in [0.3, 0.4) is 0 Å². The van der Waals surface area contributed by atoms with Crippen molar-refractivity contribution in [2.24, 2.45) is 5.92 Å². The average Bonchev–Trinajstić information content (AvgIpc) is 3.01. The van der Waals surface area contributed by atoms with Gasteiger partial charge in [-0.25, -0.2) is 9.37 Å². The number of benzene rings is 1. The molecule has 114 valence electrons. The molecular formula is C16H20ClFN2O. The van der Waals surface area contributed by atoms with Crippen LogP contribution in [0.5, 0.6) is 5.75 Å². The molecule has 5 heteroatoms. The number of methoxy groups -OCH3 is 1. The minimum absolute atomic E-state index is 0.270. The van der Waals surface area contributed by atoms with Crippen LogP contribution in [0.2, 0.25) is 0 Å². The van der Waals surface area contributed by atoms with Gasteiger partial charge in [-0.3, -0.25) is 0 Å². The second-order valence-corrected chi connectivity index (χ2v) is 6.26. The lowest BCUT2D eigenvalue weighted by Gasteiger charge is -2.17. The minimum Gasteiger partial charge on any atom is -0.494 e. The van der Waals surface area contributed by atoms with Crippen LogP contribution < -0.4 is 4.74 Å². The highest BCUT2D eigenvalue weighted by Gasteiger charge is 2.27. The summed E-state index contributed by atoms with van der Waals surface area (Å²) in [6.07, 6.45) is 4.20. The van der Waals surface area contributed by atoms with Gasteiger partial charge in [-0.1, -0.05) is 6.92 Å². The van der Waals surface area contributed by atoms with E-state index in [4.69, 9.17) is 16.3 Å². The zero-order valence-electron chi connectivity index (χ0n) is 12.4. The number of hydrogen-bond donors (Lipinski definition) is 0. The Balaban J connectivity index is 2.15. The van der Waals surface area contributed by atoms with Gasteiger partial charge in [0.2, 0.25) is 0 Å². The summed E-state index contributed by atoms with van der Waals surface area (Å²) < 4.78 is 21.3. The maximum absolute atomic E-state index is 13.9. The summed E-state index contributed by atoms with van der Waals surface area (Å²) in [6.45, 7) is 2.28. The van der Waals surface area contributed by atoms with E-state index in [9.17, 15) is 4.39 Å². The van der Waals surface area contributed by atoms with E-state index < -0.39 is 0 Å². The van der Waals surface area contributed by atoms with Crippen LogP contribution in [0.4, 0.5) is 4.39 Å². The third-order valence-corrected chi connectivity index (χ3v) is 4.58. The molecule has 21 heavy (non-hydrogen) atoms. The van der Waals surface area contributed by atoms with Crippen molar-refractivity contribution in [3.63, 3.8) is 0 Å². The van der Waals surface area contributed by atoms with Crippen molar-refractivity contribution in [2.45, 2.75) is 38.6 Å². The number of aromatic nitrogens is 2. The molecule has 0 radical (unpaired) electrons. The Morgan fingerprint density at radius 3 is 2.86 bits per heavy atom. The molecule has 1 aliphatic carbocycles. The fourth-order valence-electron chi connectivity index (χ4n) is 3.38. The molecule has 1 aliphatic rings. The van der Waals surface area contributed by atoms with Gasteiger partial charge in [-0.15, -0.1) is 11.6 Å². The van der Waals surface area contributed by atoms with Crippen molar-refractivity contribution in [3.05, 3.63) is 23.8 Å². The van der Waals surface area contributed by atoms with E-state index in [2.05, 4.69) is 16.5 Å². The third kappa shape index (κ3) is 2.61. The Bertz CT molecular complexity index is 655. The molecule has 0 amide bonds. The van der Waals surface area contributed by atoms with Crippen molar-refractivity contribution in [1.29, 1.82) is 0 Å². The summed E-state index contributed by atoms with van der Waals surface area (Å²) in [5.74, 6) is 2.09. The Morgan fingerprint density at radius 2 is 2.24 bits per heavy atom. The number of imidazole rings is 1. The Morgan fingerprint density at radius 1 is 1.43 bits per heavy atom. The monoisotopic (exact) mass is 310 g/mol. The maximum atomic E-state index is 13.9. The lowest BCUT2D eigenvalue weighted by Crippen LogP contribution is -2.10. The molecule has 1 heterocycles. The number of fused-ring (bicyclic) bond motifs is 1. The van der Waals surface area contributed by atoms with E-state index >= 15 is 0 Å². The molecule has 2 atom stereocenters. The number of halogens is 2. The van der Waals surface area contributed by atoms with Gasteiger partial charge in [0.25, 0.3) is 0 Å². The zero-order valence-corrected chi connectivity index (χ0v) is 13.2. The van der Waals surface area contributed by atoms with E-state index in [1.165, 1.54) is 19.6 Å². The molecule has 2 aromatic rings. The number of ether oxygens (including phenoxy) is 1. The van der Waals surface area contributed by atoms with Gasteiger partial charge < -0.3 is 9.30 Å². The Kier molecular flexibility index (Phi) is 4.07. The summed E-state index contributed by atoms with van der Waals surface area (Å²) in [6, 6.07) is 3.65. The average molecular weight is 311 g/mol. The summed E-state index contributed by atoms with van der Waals surface area (Å²) in [5, 5.41) is 0. The first-order chi connectivity index (χ1) is 10.1. The van der Waals surface area contributed by atoms with E-state index in [0.29, 0.717) is 23.9 Å². The maximum Gasteiger partial charge on any atom is 0.167 e. The molecule has 1 aromatic heterocycles. The number of nitrogens with zero attached hydrogens (tertiary/aromatic N) is 2. The van der Waals surface area contributed by atoms with Crippen molar-refractivity contribution >= 4 is 22.6 Å². The van der Waals surface area contributed by atoms with Crippen LogP contribution in [-0.2, 0) is 6.42 Å². The Labute approximate surface area is 129 Å². The molecule has 0 N–H and O–H groups in total. The first kappa shape index (κ1) is 14.6. The van der Waals surface area contributed by atoms with Crippen molar-refractivity contribution in [2.75, 3.05) is 13.0 Å². The standard InChI is InChI=1S/C16H20ClFN2O/c1-10-3-4-11(7-10)20-14-9-15(21-2)12(18)8-13(14)19-16(20)5-6-17/h8-11H,3-7H2,1-2H3. The first-order valence-corrected chi connectivity index (χ1v) is 7.97. The lowest BCUT2D eigenvalue weighted by molar-refractivity contribution is 0.387.